The molecule has 0 spiro atoms. The van der Waals surface area contributed by atoms with E-state index in [0.29, 0.717) is 10.8 Å². The number of aromatic nitrogens is 1. The summed E-state index contributed by atoms with van der Waals surface area (Å²) in [5, 5.41) is 20.8. The molecule has 1 aromatic heterocycles. The van der Waals surface area contributed by atoms with Crippen molar-refractivity contribution in [1.82, 2.24) is 4.57 Å². The first-order valence-electron chi connectivity index (χ1n) is 9.70. The summed E-state index contributed by atoms with van der Waals surface area (Å²) in [6.45, 7) is 3.05. The van der Waals surface area contributed by atoms with Crippen LogP contribution in [0.4, 0.5) is 0 Å². The Balaban J connectivity index is 2.06. The monoisotopic (exact) mass is 414 g/mol. The van der Waals surface area contributed by atoms with Gasteiger partial charge in [0.15, 0.2) is 6.10 Å². The molecular weight excluding hydrogens is 392 g/mol. The Morgan fingerprint density at radius 1 is 1.31 bits per heavy atom. The Morgan fingerprint density at radius 2 is 1.97 bits per heavy atom. The van der Waals surface area contributed by atoms with Crippen LogP contribution in [0.3, 0.4) is 0 Å². The summed E-state index contributed by atoms with van der Waals surface area (Å²) in [5.74, 6) is -0.563. The van der Waals surface area contributed by atoms with E-state index < -0.39 is 23.3 Å². The third-order valence-corrected chi connectivity index (χ3v) is 5.75. The highest BCUT2D eigenvalue weighted by Gasteiger charge is 2.31. The van der Waals surface area contributed by atoms with Crippen molar-refractivity contribution in [1.29, 1.82) is 5.26 Å². The van der Waals surface area contributed by atoms with Crippen LogP contribution >= 0.6 is 11.6 Å². The standard InChI is InChI=1S/C22H23ClN2O4/c1-13-16(12-24)21(27)25(15-8-4-3-5-9-15)22(28)19(13)20(26)14(2)29-18-11-7-6-10-17(18)23/h6-7,10-11,14-15,28H,3-5,8-9H2,1-2H3. The first kappa shape index (κ1) is 20.9. The molecule has 1 fully saturated rings. The molecule has 0 amide bonds. The molecule has 1 aromatic carbocycles. The van der Waals surface area contributed by atoms with Crippen LogP contribution in [0.2, 0.25) is 5.02 Å². The number of rotatable bonds is 5. The maximum absolute atomic E-state index is 13.2. The molecule has 1 N–H and O–H groups in total. The van der Waals surface area contributed by atoms with Crippen molar-refractivity contribution in [2.75, 3.05) is 0 Å². The number of carbonyl (C=O) groups excluding carboxylic acids is 1. The van der Waals surface area contributed by atoms with Crippen LogP contribution in [0.15, 0.2) is 29.1 Å². The van der Waals surface area contributed by atoms with Crippen LogP contribution in [0.1, 0.15) is 66.6 Å². The van der Waals surface area contributed by atoms with E-state index >= 15 is 0 Å². The Morgan fingerprint density at radius 3 is 2.59 bits per heavy atom. The summed E-state index contributed by atoms with van der Waals surface area (Å²) >= 11 is 6.10. The number of carbonyl (C=O) groups is 1. The number of Topliss-reactive ketones (excluding diaryl/α,β-unsaturated/α-hetero) is 1. The molecule has 0 radical (unpaired) electrons. The lowest BCUT2D eigenvalue weighted by Gasteiger charge is -2.27. The average Bonchev–Trinajstić information content (AvgIpc) is 2.70. The largest absolute Gasteiger partial charge is 0.494 e. The average molecular weight is 415 g/mol. The minimum absolute atomic E-state index is 0.0497. The predicted molar refractivity (Wildman–Crippen MR) is 110 cm³/mol. The molecule has 0 saturated heterocycles. The number of hydrogen-bond acceptors (Lipinski definition) is 5. The second kappa shape index (κ2) is 8.71. The number of nitriles is 1. The molecule has 0 aliphatic heterocycles. The fourth-order valence-corrected chi connectivity index (χ4v) is 4.06. The van der Waals surface area contributed by atoms with Crippen LogP contribution in [0, 0.1) is 18.3 Å². The third-order valence-electron chi connectivity index (χ3n) is 5.44. The smallest absolute Gasteiger partial charge is 0.271 e. The summed E-state index contributed by atoms with van der Waals surface area (Å²) in [5.41, 5.74) is -0.555. The normalized spacial score (nSPS) is 15.5. The van der Waals surface area contributed by atoms with E-state index in [1.54, 1.807) is 31.2 Å². The second-order valence-corrected chi connectivity index (χ2v) is 7.74. The molecule has 1 unspecified atom stereocenters. The molecule has 1 aliphatic rings. The van der Waals surface area contributed by atoms with Crippen LogP contribution in [0.5, 0.6) is 11.6 Å². The molecule has 1 saturated carbocycles. The summed E-state index contributed by atoms with van der Waals surface area (Å²) in [4.78, 5) is 26.0. The van der Waals surface area contributed by atoms with Gasteiger partial charge < -0.3 is 9.84 Å². The van der Waals surface area contributed by atoms with Crippen molar-refractivity contribution in [2.45, 2.75) is 58.1 Å². The van der Waals surface area contributed by atoms with E-state index in [9.17, 15) is 20.0 Å². The first-order chi connectivity index (χ1) is 13.9. The van der Waals surface area contributed by atoms with Crippen molar-refractivity contribution >= 4 is 17.4 Å². The van der Waals surface area contributed by atoms with Crippen LogP contribution in [-0.4, -0.2) is 21.6 Å². The Labute approximate surface area is 174 Å². The number of para-hydroxylation sites is 1. The molecule has 1 aliphatic carbocycles. The number of hydrogen-bond donors (Lipinski definition) is 1. The Kier molecular flexibility index (Phi) is 6.29. The van der Waals surface area contributed by atoms with E-state index in [4.69, 9.17) is 16.3 Å². The zero-order chi connectivity index (χ0) is 21.1. The predicted octanol–water partition coefficient (Wildman–Crippen LogP) is 4.54. The highest BCUT2D eigenvalue weighted by molar-refractivity contribution is 6.32. The molecule has 2 aromatic rings. The van der Waals surface area contributed by atoms with Gasteiger partial charge in [-0.3, -0.25) is 14.2 Å². The maximum atomic E-state index is 13.2. The fraction of sp³-hybridized carbons (Fsp3) is 0.409. The van der Waals surface area contributed by atoms with E-state index in [1.165, 1.54) is 11.5 Å². The summed E-state index contributed by atoms with van der Waals surface area (Å²) in [6, 6.07) is 8.45. The van der Waals surface area contributed by atoms with Gasteiger partial charge in [0.1, 0.15) is 17.4 Å². The Hall–Kier alpha value is -2.78. The van der Waals surface area contributed by atoms with E-state index in [2.05, 4.69) is 0 Å². The van der Waals surface area contributed by atoms with E-state index in [-0.39, 0.29) is 22.7 Å². The minimum atomic E-state index is -0.969. The molecule has 1 heterocycles. The van der Waals surface area contributed by atoms with Crippen LogP contribution in [-0.2, 0) is 0 Å². The molecule has 3 rings (SSSR count). The number of nitrogens with zero attached hydrogens (tertiary/aromatic N) is 2. The van der Waals surface area contributed by atoms with Crippen molar-refractivity contribution in [3.8, 4) is 17.7 Å². The lowest BCUT2D eigenvalue weighted by Crippen LogP contribution is -2.33. The van der Waals surface area contributed by atoms with Gasteiger partial charge in [-0.1, -0.05) is 43.0 Å². The number of ether oxygens (including phenoxy) is 1. The van der Waals surface area contributed by atoms with E-state index in [0.717, 1.165) is 32.1 Å². The zero-order valence-corrected chi connectivity index (χ0v) is 17.2. The molecule has 6 nitrogen and oxygen atoms in total. The van der Waals surface area contributed by atoms with Gasteiger partial charge in [-0.2, -0.15) is 5.26 Å². The van der Waals surface area contributed by atoms with Crippen molar-refractivity contribution in [3.63, 3.8) is 0 Å². The minimum Gasteiger partial charge on any atom is -0.494 e. The van der Waals surface area contributed by atoms with Crippen LogP contribution in [0.25, 0.3) is 0 Å². The topological polar surface area (TPSA) is 92.3 Å². The number of benzene rings is 1. The SMILES string of the molecule is Cc1c(C(=O)C(C)Oc2ccccc2Cl)c(O)n(C2CCCCC2)c(=O)c1C#N. The van der Waals surface area contributed by atoms with Crippen molar-refractivity contribution < 1.29 is 14.6 Å². The highest BCUT2D eigenvalue weighted by Crippen LogP contribution is 2.34. The van der Waals surface area contributed by atoms with Crippen molar-refractivity contribution in [2.24, 2.45) is 0 Å². The first-order valence-corrected chi connectivity index (χ1v) is 10.1. The number of halogens is 1. The van der Waals surface area contributed by atoms with Gasteiger partial charge >= 0.3 is 0 Å². The highest BCUT2D eigenvalue weighted by atomic mass is 35.5. The lowest BCUT2D eigenvalue weighted by atomic mass is 9.93. The number of ketones is 1. The third kappa shape index (κ3) is 4.01. The van der Waals surface area contributed by atoms with Gasteiger partial charge in [0.2, 0.25) is 11.7 Å². The maximum Gasteiger partial charge on any atom is 0.271 e. The molecule has 0 bridgehead atoms. The van der Waals surface area contributed by atoms with Crippen molar-refractivity contribution in [3.05, 3.63) is 56.3 Å². The summed E-state index contributed by atoms with van der Waals surface area (Å²) in [6.07, 6.45) is 3.41. The van der Waals surface area contributed by atoms with Gasteiger partial charge in [0.05, 0.1) is 10.6 Å². The van der Waals surface area contributed by atoms with Crippen LogP contribution < -0.4 is 10.3 Å². The lowest BCUT2D eigenvalue weighted by molar-refractivity contribution is 0.0812. The van der Waals surface area contributed by atoms with Gasteiger partial charge in [0, 0.05) is 6.04 Å². The second-order valence-electron chi connectivity index (χ2n) is 7.33. The van der Waals surface area contributed by atoms with E-state index in [1.807, 2.05) is 6.07 Å². The van der Waals surface area contributed by atoms with Gasteiger partial charge in [0.25, 0.3) is 5.56 Å². The quantitative estimate of drug-likeness (QED) is 0.725. The van der Waals surface area contributed by atoms with Gasteiger partial charge in [-0.15, -0.1) is 0 Å². The summed E-state index contributed by atoms with van der Waals surface area (Å²) in [7, 11) is 0. The summed E-state index contributed by atoms with van der Waals surface area (Å²) < 4.78 is 6.92. The molecule has 29 heavy (non-hydrogen) atoms. The zero-order valence-electron chi connectivity index (χ0n) is 16.4. The Bertz CT molecular complexity index is 1030. The van der Waals surface area contributed by atoms with Gasteiger partial charge in [-0.25, -0.2) is 0 Å². The molecule has 1 atom stereocenters. The fourth-order valence-electron chi connectivity index (χ4n) is 3.88. The number of aromatic hydroxyl groups is 1. The van der Waals surface area contributed by atoms with Gasteiger partial charge in [-0.05, 0) is 44.4 Å². The molecule has 152 valence electrons. The number of pyridine rings is 1. The molecule has 7 heteroatoms. The molecular formula is C22H23ClN2O4.